The maximum atomic E-state index is 2.59. The van der Waals surface area contributed by atoms with Crippen molar-refractivity contribution in [1.29, 1.82) is 0 Å². The van der Waals surface area contributed by atoms with Crippen LogP contribution in [0.1, 0.15) is 24.8 Å². The molecule has 0 aliphatic carbocycles. The molecule has 2 heterocycles. The summed E-state index contributed by atoms with van der Waals surface area (Å²) in [4.78, 5) is 3.95. The number of rotatable bonds is 4. The Labute approximate surface area is 142 Å². The molecule has 118 valence electrons. The van der Waals surface area contributed by atoms with Gasteiger partial charge in [0.1, 0.15) is 0 Å². The fraction of sp³-hybridized carbons (Fsp3) is 0.300. The Morgan fingerprint density at radius 1 is 0.826 bits per heavy atom. The third-order valence-electron chi connectivity index (χ3n) is 4.58. The van der Waals surface area contributed by atoms with Crippen molar-refractivity contribution in [3.05, 3.63) is 66.4 Å². The normalized spacial score (nSPS) is 16.0. The van der Waals surface area contributed by atoms with E-state index in [1.807, 2.05) is 11.9 Å². The first kappa shape index (κ1) is 14.9. The van der Waals surface area contributed by atoms with Crippen molar-refractivity contribution in [1.82, 2.24) is 8.87 Å². The Bertz CT molecular complexity index is 787. The Balaban J connectivity index is 1.59. The van der Waals surface area contributed by atoms with Gasteiger partial charge in [0.25, 0.3) is 0 Å². The summed E-state index contributed by atoms with van der Waals surface area (Å²) in [6.45, 7) is 3.55. The molecule has 3 heteroatoms. The lowest BCUT2D eigenvalue weighted by molar-refractivity contribution is 0.219. The van der Waals surface area contributed by atoms with Gasteiger partial charge in [-0.05, 0) is 61.6 Å². The molecule has 0 saturated carbocycles. The van der Waals surface area contributed by atoms with Crippen molar-refractivity contribution < 1.29 is 0 Å². The second-order valence-corrected chi connectivity index (χ2v) is 7.25. The summed E-state index contributed by atoms with van der Waals surface area (Å²) in [7, 11) is 0. The molecule has 3 aromatic rings. The van der Waals surface area contributed by atoms with E-state index in [0.717, 1.165) is 6.54 Å². The van der Waals surface area contributed by atoms with Crippen LogP contribution in [0.4, 0.5) is 0 Å². The minimum Gasteiger partial charge on any atom is -0.299 e. The van der Waals surface area contributed by atoms with Gasteiger partial charge in [-0.2, -0.15) is 0 Å². The standard InChI is InChI=1S/C20H22N2S/c1-6-13-21(14-7-1)16-18-9-3-5-11-20(18)23-22-15-12-17-8-2-4-10-19(17)22/h2-5,8-12,15H,1,6-7,13-14,16H2. The van der Waals surface area contributed by atoms with Gasteiger partial charge >= 0.3 is 0 Å². The molecule has 1 aliphatic heterocycles. The predicted molar refractivity (Wildman–Crippen MR) is 98.8 cm³/mol. The number of benzene rings is 2. The number of likely N-dealkylation sites (tertiary alicyclic amines) is 1. The number of aromatic nitrogens is 1. The molecule has 4 rings (SSSR count). The zero-order valence-electron chi connectivity index (χ0n) is 13.3. The lowest BCUT2D eigenvalue weighted by atomic mass is 10.1. The molecule has 0 spiro atoms. The molecule has 0 atom stereocenters. The number of hydrogen-bond donors (Lipinski definition) is 0. The summed E-state index contributed by atoms with van der Waals surface area (Å²) in [5.74, 6) is 0. The minimum absolute atomic E-state index is 1.07. The van der Waals surface area contributed by atoms with Crippen LogP contribution in [0.25, 0.3) is 10.9 Å². The van der Waals surface area contributed by atoms with E-state index in [1.165, 1.54) is 53.7 Å². The molecule has 23 heavy (non-hydrogen) atoms. The van der Waals surface area contributed by atoms with Gasteiger partial charge < -0.3 is 0 Å². The highest BCUT2D eigenvalue weighted by molar-refractivity contribution is 7.98. The maximum Gasteiger partial charge on any atom is 0.0594 e. The van der Waals surface area contributed by atoms with Gasteiger partial charge in [0, 0.05) is 23.0 Å². The van der Waals surface area contributed by atoms with Crippen molar-refractivity contribution in [2.45, 2.75) is 30.7 Å². The molecule has 0 radical (unpaired) electrons. The van der Waals surface area contributed by atoms with E-state index in [4.69, 9.17) is 0 Å². The predicted octanol–water partition coefficient (Wildman–Crippen LogP) is 5.18. The van der Waals surface area contributed by atoms with E-state index in [1.54, 1.807) is 0 Å². The van der Waals surface area contributed by atoms with Crippen LogP contribution < -0.4 is 0 Å². The third-order valence-corrected chi connectivity index (χ3v) is 5.69. The fourth-order valence-electron chi connectivity index (χ4n) is 3.32. The van der Waals surface area contributed by atoms with Crippen LogP contribution >= 0.6 is 11.9 Å². The largest absolute Gasteiger partial charge is 0.299 e. The molecule has 1 fully saturated rings. The molecule has 0 unspecified atom stereocenters. The van der Waals surface area contributed by atoms with Gasteiger partial charge in [0.05, 0.1) is 5.52 Å². The summed E-state index contributed by atoms with van der Waals surface area (Å²) < 4.78 is 2.28. The van der Waals surface area contributed by atoms with Gasteiger partial charge in [-0.25, -0.2) is 0 Å². The van der Waals surface area contributed by atoms with E-state index in [2.05, 4.69) is 69.7 Å². The summed E-state index contributed by atoms with van der Waals surface area (Å²) >= 11 is 1.83. The van der Waals surface area contributed by atoms with Gasteiger partial charge in [0.15, 0.2) is 0 Å². The second-order valence-electron chi connectivity index (χ2n) is 6.24. The van der Waals surface area contributed by atoms with Crippen molar-refractivity contribution in [3.8, 4) is 0 Å². The quantitative estimate of drug-likeness (QED) is 0.654. The number of fused-ring (bicyclic) bond motifs is 1. The fourth-order valence-corrected chi connectivity index (χ4v) is 4.31. The number of nitrogens with zero attached hydrogens (tertiary/aromatic N) is 2. The van der Waals surface area contributed by atoms with E-state index >= 15 is 0 Å². The molecule has 2 nitrogen and oxygen atoms in total. The van der Waals surface area contributed by atoms with Crippen LogP contribution in [-0.2, 0) is 6.54 Å². The molecule has 2 aromatic carbocycles. The smallest absolute Gasteiger partial charge is 0.0594 e. The van der Waals surface area contributed by atoms with Gasteiger partial charge in [-0.3, -0.25) is 8.87 Å². The van der Waals surface area contributed by atoms with Crippen molar-refractivity contribution >= 4 is 22.9 Å². The van der Waals surface area contributed by atoms with Gasteiger partial charge in [0.2, 0.25) is 0 Å². The molecular weight excluding hydrogens is 300 g/mol. The summed E-state index contributed by atoms with van der Waals surface area (Å²) in [6.07, 6.45) is 6.25. The van der Waals surface area contributed by atoms with E-state index in [9.17, 15) is 0 Å². The van der Waals surface area contributed by atoms with Crippen LogP contribution in [0.2, 0.25) is 0 Å². The number of piperidine rings is 1. The van der Waals surface area contributed by atoms with Crippen molar-refractivity contribution in [2.24, 2.45) is 0 Å². The lowest BCUT2D eigenvalue weighted by Gasteiger charge is -2.27. The zero-order valence-corrected chi connectivity index (χ0v) is 14.1. The van der Waals surface area contributed by atoms with Crippen LogP contribution in [0, 0.1) is 0 Å². The van der Waals surface area contributed by atoms with Crippen molar-refractivity contribution in [3.63, 3.8) is 0 Å². The Kier molecular flexibility index (Phi) is 4.40. The average Bonchev–Trinajstić information content (AvgIpc) is 3.01. The first-order valence-electron chi connectivity index (χ1n) is 8.45. The monoisotopic (exact) mass is 322 g/mol. The molecular formula is C20H22N2S. The molecule has 1 aliphatic rings. The van der Waals surface area contributed by atoms with E-state index in [0.29, 0.717) is 0 Å². The molecule has 1 saturated heterocycles. The summed E-state index contributed by atoms with van der Waals surface area (Å²) in [5, 5.41) is 1.30. The van der Waals surface area contributed by atoms with Crippen LogP contribution in [-0.4, -0.2) is 22.0 Å². The van der Waals surface area contributed by atoms with Gasteiger partial charge in [-0.15, -0.1) is 0 Å². The molecule has 0 amide bonds. The van der Waals surface area contributed by atoms with Crippen LogP contribution in [0.15, 0.2) is 65.7 Å². The number of para-hydroxylation sites is 1. The highest BCUT2D eigenvalue weighted by atomic mass is 32.2. The van der Waals surface area contributed by atoms with Crippen LogP contribution in [0.3, 0.4) is 0 Å². The molecule has 0 bridgehead atoms. The van der Waals surface area contributed by atoms with E-state index in [-0.39, 0.29) is 0 Å². The maximum absolute atomic E-state index is 2.59. The second kappa shape index (κ2) is 6.81. The zero-order chi connectivity index (χ0) is 15.5. The average molecular weight is 322 g/mol. The highest BCUT2D eigenvalue weighted by Gasteiger charge is 2.13. The van der Waals surface area contributed by atoms with Crippen LogP contribution in [0.5, 0.6) is 0 Å². The Morgan fingerprint density at radius 3 is 2.52 bits per heavy atom. The summed E-state index contributed by atoms with van der Waals surface area (Å²) in [5.41, 5.74) is 2.72. The van der Waals surface area contributed by atoms with E-state index < -0.39 is 0 Å². The minimum atomic E-state index is 1.07. The topological polar surface area (TPSA) is 8.17 Å². The lowest BCUT2D eigenvalue weighted by Crippen LogP contribution is -2.29. The molecule has 0 N–H and O–H groups in total. The summed E-state index contributed by atoms with van der Waals surface area (Å²) in [6, 6.07) is 19.6. The Hall–Kier alpha value is -1.71. The highest BCUT2D eigenvalue weighted by Crippen LogP contribution is 2.30. The number of hydrogen-bond acceptors (Lipinski definition) is 2. The first-order chi connectivity index (χ1) is 11.4. The molecule has 1 aromatic heterocycles. The van der Waals surface area contributed by atoms with Crippen molar-refractivity contribution in [2.75, 3.05) is 13.1 Å². The third kappa shape index (κ3) is 3.31. The first-order valence-corrected chi connectivity index (χ1v) is 9.22. The Morgan fingerprint density at radius 2 is 1.61 bits per heavy atom. The van der Waals surface area contributed by atoms with Gasteiger partial charge in [-0.1, -0.05) is 42.8 Å². The SMILES string of the molecule is c1ccc(Sn2ccc3ccccc32)c(CN2CCCCC2)c1.